The molecule has 3 rings (SSSR count). The lowest BCUT2D eigenvalue weighted by Gasteiger charge is -2.29. The largest absolute Gasteiger partial charge is 0.324 e. The van der Waals surface area contributed by atoms with Crippen LogP contribution < -0.4 is 5.32 Å². The molecule has 0 aromatic heterocycles. The van der Waals surface area contributed by atoms with E-state index < -0.39 is 0 Å². The van der Waals surface area contributed by atoms with Gasteiger partial charge in [0.1, 0.15) is 0 Å². The summed E-state index contributed by atoms with van der Waals surface area (Å²) in [6, 6.07) is 8.09. The maximum atomic E-state index is 12.4. The number of anilines is 1. The van der Waals surface area contributed by atoms with Crippen molar-refractivity contribution < 1.29 is 4.79 Å². The smallest absolute Gasteiger partial charge is 0.321 e. The molecule has 1 atom stereocenters. The predicted molar refractivity (Wildman–Crippen MR) is 97.2 cm³/mol. The van der Waals surface area contributed by atoms with Gasteiger partial charge in [-0.3, -0.25) is 0 Å². The van der Waals surface area contributed by atoms with Crippen molar-refractivity contribution in [2.75, 3.05) is 44.3 Å². The van der Waals surface area contributed by atoms with Crippen molar-refractivity contribution >= 4 is 23.5 Å². The molecule has 2 saturated heterocycles. The van der Waals surface area contributed by atoms with Crippen molar-refractivity contribution in [2.45, 2.75) is 30.6 Å². The molecule has 126 valence electrons. The molecular formula is C18H27N3OS. The van der Waals surface area contributed by atoms with Crippen LogP contribution in [0.2, 0.25) is 0 Å². The number of nitrogens with zero attached hydrogens (tertiary/aromatic N) is 2. The van der Waals surface area contributed by atoms with Gasteiger partial charge in [0.15, 0.2) is 0 Å². The second kappa shape index (κ2) is 8.06. The average molecular weight is 334 g/mol. The fourth-order valence-electron chi connectivity index (χ4n) is 3.58. The molecule has 2 heterocycles. The van der Waals surface area contributed by atoms with Crippen molar-refractivity contribution in [3.8, 4) is 0 Å². The molecule has 2 fully saturated rings. The SMILES string of the molecule is CSc1cccc(NC(=O)N2CCC(CN3CCCCC3)C2)c1. The van der Waals surface area contributed by atoms with Gasteiger partial charge < -0.3 is 15.1 Å². The van der Waals surface area contributed by atoms with Crippen LogP contribution in [-0.4, -0.2) is 54.8 Å². The molecule has 0 saturated carbocycles. The Balaban J connectivity index is 1.48. The van der Waals surface area contributed by atoms with Gasteiger partial charge in [-0.1, -0.05) is 12.5 Å². The highest BCUT2D eigenvalue weighted by molar-refractivity contribution is 7.98. The second-order valence-corrected chi connectivity index (χ2v) is 7.50. The minimum Gasteiger partial charge on any atom is -0.324 e. The summed E-state index contributed by atoms with van der Waals surface area (Å²) >= 11 is 1.69. The summed E-state index contributed by atoms with van der Waals surface area (Å²) in [4.78, 5) is 18.2. The summed E-state index contributed by atoms with van der Waals surface area (Å²) in [6.07, 6.45) is 7.23. The fraction of sp³-hybridized carbons (Fsp3) is 0.611. The molecule has 0 spiro atoms. The van der Waals surface area contributed by atoms with Crippen molar-refractivity contribution in [3.63, 3.8) is 0 Å². The van der Waals surface area contributed by atoms with E-state index in [2.05, 4.69) is 16.3 Å². The third-order valence-corrected chi connectivity index (χ3v) is 5.58. The number of carbonyl (C=O) groups excluding carboxylic acids is 1. The Labute approximate surface area is 143 Å². The molecule has 23 heavy (non-hydrogen) atoms. The molecule has 1 unspecified atom stereocenters. The highest BCUT2D eigenvalue weighted by Gasteiger charge is 2.28. The van der Waals surface area contributed by atoms with E-state index >= 15 is 0 Å². The molecule has 0 radical (unpaired) electrons. The first-order valence-corrected chi connectivity index (χ1v) is 9.89. The van der Waals surface area contributed by atoms with Gasteiger partial charge in [0, 0.05) is 30.2 Å². The van der Waals surface area contributed by atoms with Crippen LogP contribution in [0.15, 0.2) is 29.2 Å². The van der Waals surface area contributed by atoms with Crippen LogP contribution in [0.25, 0.3) is 0 Å². The van der Waals surface area contributed by atoms with Crippen LogP contribution >= 0.6 is 11.8 Å². The van der Waals surface area contributed by atoms with Crippen molar-refractivity contribution in [2.24, 2.45) is 5.92 Å². The number of amides is 2. The minimum atomic E-state index is 0.0457. The normalized spacial score (nSPS) is 22.3. The van der Waals surface area contributed by atoms with Crippen LogP contribution in [0.4, 0.5) is 10.5 Å². The van der Waals surface area contributed by atoms with E-state index in [9.17, 15) is 4.79 Å². The molecule has 1 aromatic rings. The third-order valence-electron chi connectivity index (χ3n) is 4.86. The van der Waals surface area contributed by atoms with E-state index in [1.807, 2.05) is 29.4 Å². The number of benzene rings is 1. The summed E-state index contributed by atoms with van der Waals surface area (Å²) in [5.41, 5.74) is 0.890. The van der Waals surface area contributed by atoms with Gasteiger partial charge in [0.05, 0.1) is 0 Å². The molecule has 0 bridgehead atoms. The maximum absolute atomic E-state index is 12.4. The van der Waals surface area contributed by atoms with E-state index in [0.717, 1.165) is 31.7 Å². The molecule has 1 aromatic carbocycles. The molecule has 2 aliphatic heterocycles. The van der Waals surface area contributed by atoms with Crippen LogP contribution in [0.5, 0.6) is 0 Å². The molecule has 2 amide bonds. The first-order valence-electron chi connectivity index (χ1n) is 8.67. The fourth-order valence-corrected chi connectivity index (χ4v) is 4.04. The van der Waals surface area contributed by atoms with Crippen molar-refractivity contribution in [3.05, 3.63) is 24.3 Å². The number of likely N-dealkylation sites (tertiary alicyclic amines) is 2. The first kappa shape index (κ1) is 16.7. The monoisotopic (exact) mass is 333 g/mol. The highest BCUT2D eigenvalue weighted by Crippen LogP contribution is 2.22. The number of hydrogen-bond donors (Lipinski definition) is 1. The summed E-state index contributed by atoms with van der Waals surface area (Å²) in [6.45, 7) is 5.41. The number of nitrogens with one attached hydrogen (secondary N) is 1. The number of urea groups is 1. The molecule has 1 N–H and O–H groups in total. The Morgan fingerprint density at radius 3 is 2.87 bits per heavy atom. The third kappa shape index (κ3) is 4.64. The van der Waals surface area contributed by atoms with Gasteiger partial charge in [0.25, 0.3) is 0 Å². The number of hydrogen-bond acceptors (Lipinski definition) is 3. The molecule has 0 aliphatic carbocycles. The Morgan fingerprint density at radius 1 is 1.26 bits per heavy atom. The Hall–Kier alpha value is -1.20. The Bertz CT molecular complexity index is 531. The van der Waals surface area contributed by atoms with E-state index in [1.165, 1.54) is 37.2 Å². The summed E-state index contributed by atoms with van der Waals surface area (Å²) in [5, 5.41) is 3.04. The minimum absolute atomic E-state index is 0.0457. The van der Waals surface area contributed by atoms with E-state index in [1.54, 1.807) is 11.8 Å². The van der Waals surface area contributed by atoms with E-state index in [-0.39, 0.29) is 6.03 Å². The van der Waals surface area contributed by atoms with Crippen LogP contribution in [0.1, 0.15) is 25.7 Å². The number of piperidine rings is 1. The van der Waals surface area contributed by atoms with Gasteiger partial charge >= 0.3 is 6.03 Å². The lowest BCUT2D eigenvalue weighted by molar-refractivity contribution is 0.192. The number of thioether (sulfide) groups is 1. The summed E-state index contributed by atoms with van der Waals surface area (Å²) in [5.74, 6) is 0.636. The number of carbonyl (C=O) groups is 1. The zero-order chi connectivity index (χ0) is 16.1. The van der Waals surface area contributed by atoms with Crippen LogP contribution in [0.3, 0.4) is 0 Å². The standard InChI is InChI=1S/C18H27N3OS/c1-23-17-7-5-6-16(12-17)19-18(22)21-11-8-15(14-21)13-20-9-3-2-4-10-20/h5-7,12,15H,2-4,8-11,13-14H2,1H3,(H,19,22). The molecule has 2 aliphatic rings. The zero-order valence-electron chi connectivity index (χ0n) is 14.0. The average Bonchev–Trinajstić information content (AvgIpc) is 3.04. The number of rotatable bonds is 4. The molecule has 4 nitrogen and oxygen atoms in total. The lowest BCUT2D eigenvalue weighted by Crippen LogP contribution is -2.37. The van der Waals surface area contributed by atoms with Gasteiger partial charge in [-0.15, -0.1) is 11.8 Å². The highest BCUT2D eigenvalue weighted by atomic mass is 32.2. The summed E-state index contributed by atoms with van der Waals surface area (Å²) < 4.78 is 0. The quantitative estimate of drug-likeness (QED) is 0.853. The Morgan fingerprint density at radius 2 is 2.09 bits per heavy atom. The predicted octanol–water partition coefficient (Wildman–Crippen LogP) is 3.75. The van der Waals surface area contributed by atoms with Gasteiger partial charge in [-0.2, -0.15) is 0 Å². The van der Waals surface area contributed by atoms with Gasteiger partial charge in [-0.05, 0) is 62.7 Å². The zero-order valence-corrected chi connectivity index (χ0v) is 14.8. The Kier molecular flexibility index (Phi) is 5.84. The van der Waals surface area contributed by atoms with Gasteiger partial charge in [0.2, 0.25) is 0 Å². The molecular weight excluding hydrogens is 306 g/mol. The lowest BCUT2D eigenvalue weighted by atomic mass is 10.1. The van der Waals surface area contributed by atoms with E-state index in [0.29, 0.717) is 5.92 Å². The second-order valence-electron chi connectivity index (χ2n) is 6.62. The topological polar surface area (TPSA) is 35.6 Å². The molecule has 5 heteroatoms. The van der Waals surface area contributed by atoms with Crippen LogP contribution in [0, 0.1) is 5.92 Å². The van der Waals surface area contributed by atoms with Crippen LogP contribution in [-0.2, 0) is 0 Å². The van der Waals surface area contributed by atoms with Crippen molar-refractivity contribution in [1.82, 2.24) is 9.80 Å². The van der Waals surface area contributed by atoms with E-state index in [4.69, 9.17) is 0 Å². The van der Waals surface area contributed by atoms with Crippen molar-refractivity contribution in [1.29, 1.82) is 0 Å². The summed E-state index contributed by atoms with van der Waals surface area (Å²) in [7, 11) is 0. The van der Waals surface area contributed by atoms with Gasteiger partial charge in [-0.25, -0.2) is 4.79 Å². The maximum Gasteiger partial charge on any atom is 0.321 e. The first-order chi connectivity index (χ1) is 11.2.